The minimum atomic E-state index is -0.551. The zero-order chi connectivity index (χ0) is 15.6. The second-order valence-corrected chi connectivity index (χ2v) is 6.57. The number of rotatable bonds is 3. The molecule has 0 saturated carbocycles. The highest BCUT2D eigenvalue weighted by atomic mass is 16.5. The summed E-state index contributed by atoms with van der Waals surface area (Å²) in [5.41, 5.74) is 3.19. The van der Waals surface area contributed by atoms with Crippen LogP contribution in [0.5, 0.6) is 11.5 Å². The summed E-state index contributed by atoms with van der Waals surface area (Å²) in [7, 11) is 0. The minimum absolute atomic E-state index is 0.00112. The maximum atomic E-state index is 9.88. The van der Waals surface area contributed by atoms with Gasteiger partial charge in [0.2, 0.25) is 0 Å². The van der Waals surface area contributed by atoms with Gasteiger partial charge in [-0.15, -0.1) is 0 Å². The quantitative estimate of drug-likeness (QED) is 0.845. The average molecular weight is 284 g/mol. The molecule has 112 valence electrons. The molecule has 2 rings (SSSR count). The van der Waals surface area contributed by atoms with E-state index in [1.165, 1.54) is 11.1 Å². The van der Waals surface area contributed by atoms with Crippen molar-refractivity contribution in [3.63, 3.8) is 0 Å². The van der Waals surface area contributed by atoms with Gasteiger partial charge in [0.1, 0.15) is 11.5 Å². The molecule has 0 bridgehead atoms. The Hall–Kier alpha value is -1.80. The van der Waals surface area contributed by atoms with E-state index in [9.17, 15) is 5.11 Å². The molecule has 1 atom stereocenters. The maximum Gasteiger partial charge on any atom is 0.133 e. The molecule has 0 spiro atoms. The van der Waals surface area contributed by atoms with E-state index in [-0.39, 0.29) is 5.41 Å². The Bertz CT molecular complexity index is 622. The third-order valence-corrected chi connectivity index (χ3v) is 3.53. The molecule has 0 aliphatic carbocycles. The molecule has 0 saturated heterocycles. The van der Waals surface area contributed by atoms with Gasteiger partial charge in [0.05, 0.1) is 6.10 Å². The van der Waals surface area contributed by atoms with Crippen LogP contribution in [-0.4, -0.2) is 5.11 Å². The predicted octanol–water partition coefficient (Wildman–Crippen LogP) is 5.14. The van der Waals surface area contributed by atoms with Gasteiger partial charge in [0.15, 0.2) is 0 Å². The van der Waals surface area contributed by atoms with Crippen LogP contribution in [-0.2, 0) is 5.41 Å². The Balaban J connectivity index is 2.46. The van der Waals surface area contributed by atoms with Crippen molar-refractivity contribution in [2.24, 2.45) is 0 Å². The van der Waals surface area contributed by atoms with Gasteiger partial charge in [0, 0.05) is 11.1 Å². The van der Waals surface area contributed by atoms with Crippen LogP contribution in [0, 0.1) is 6.92 Å². The lowest BCUT2D eigenvalue weighted by Gasteiger charge is -2.24. The largest absolute Gasteiger partial charge is 0.457 e. The van der Waals surface area contributed by atoms with Crippen molar-refractivity contribution in [3.8, 4) is 11.5 Å². The summed E-state index contributed by atoms with van der Waals surface area (Å²) in [5.74, 6) is 1.56. The molecule has 0 amide bonds. The number of hydrogen-bond donors (Lipinski definition) is 1. The van der Waals surface area contributed by atoms with Gasteiger partial charge in [0.25, 0.3) is 0 Å². The number of benzene rings is 2. The Morgan fingerprint density at radius 3 is 2.29 bits per heavy atom. The van der Waals surface area contributed by atoms with Crippen LogP contribution in [0.15, 0.2) is 42.5 Å². The first-order valence-corrected chi connectivity index (χ1v) is 7.35. The molecule has 0 aliphatic heterocycles. The van der Waals surface area contributed by atoms with Crippen molar-refractivity contribution < 1.29 is 9.84 Å². The van der Waals surface area contributed by atoms with Gasteiger partial charge in [-0.2, -0.15) is 0 Å². The number of aliphatic hydroxyl groups excluding tert-OH is 1. The molecular formula is C19H24O2. The summed E-state index contributed by atoms with van der Waals surface area (Å²) in [6, 6.07) is 13.9. The SMILES string of the molecule is Cc1ccc(Oc2ccccc2[C@H](C)O)c(C(C)(C)C)c1. The summed E-state index contributed by atoms with van der Waals surface area (Å²) in [6.45, 7) is 10.4. The lowest BCUT2D eigenvalue weighted by atomic mass is 9.85. The predicted molar refractivity (Wildman–Crippen MR) is 87.0 cm³/mol. The second kappa shape index (κ2) is 5.90. The fraction of sp³-hybridized carbons (Fsp3) is 0.368. The summed E-state index contributed by atoms with van der Waals surface area (Å²) in [6.07, 6.45) is -0.551. The van der Waals surface area contributed by atoms with Gasteiger partial charge in [-0.3, -0.25) is 0 Å². The second-order valence-electron chi connectivity index (χ2n) is 6.57. The molecule has 0 fully saturated rings. The minimum Gasteiger partial charge on any atom is -0.457 e. The van der Waals surface area contributed by atoms with Crippen molar-refractivity contribution in [2.45, 2.75) is 46.1 Å². The molecule has 0 radical (unpaired) electrons. The van der Waals surface area contributed by atoms with E-state index in [0.717, 1.165) is 11.3 Å². The summed E-state index contributed by atoms with van der Waals surface area (Å²) >= 11 is 0. The van der Waals surface area contributed by atoms with Crippen molar-refractivity contribution >= 4 is 0 Å². The Labute approximate surface area is 127 Å². The van der Waals surface area contributed by atoms with Gasteiger partial charge in [-0.25, -0.2) is 0 Å². The van der Waals surface area contributed by atoms with Crippen LogP contribution in [0.4, 0.5) is 0 Å². The molecule has 0 aromatic heterocycles. The molecule has 21 heavy (non-hydrogen) atoms. The number of aryl methyl sites for hydroxylation is 1. The highest BCUT2D eigenvalue weighted by molar-refractivity contribution is 5.46. The molecule has 0 heterocycles. The van der Waals surface area contributed by atoms with Crippen molar-refractivity contribution in [2.75, 3.05) is 0 Å². The van der Waals surface area contributed by atoms with E-state index in [0.29, 0.717) is 5.75 Å². The molecule has 1 N–H and O–H groups in total. The van der Waals surface area contributed by atoms with Crippen LogP contribution in [0.3, 0.4) is 0 Å². The molecule has 2 heteroatoms. The Morgan fingerprint density at radius 2 is 1.67 bits per heavy atom. The van der Waals surface area contributed by atoms with E-state index >= 15 is 0 Å². The zero-order valence-electron chi connectivity index (χ0n) is 13.5. The van der Waals surface area contributed by atoms with Crippen LogP contribution >= 0.6 is 0 Å². The highest BCUT2D eigenvalue weighted by Crippen LogP contribution is 2.36. The van der Waals surface area contributed by atoms with Crippen LogP contribution < -0.4 is 4.74 Å². The third-order valence-electron chi connectivity index (χ3n) is 3.53. The van der Waals surface area contributed by atoms with E-state index in [4.69, 9.17) is 4.74 Å². The van der Waals surface area contributed by atoms with E-state index in [1.807, 2.05) is 30.3 Å². The number of hydrogen-bond acceptors (Lipinski definition) is 2. The first kappa shape index (κ1) is 15.6. The zero-order valence-corrected chi connectivity index (χ0v) is 13.5. The molecule has 0 unspecified atom stereocenters. The topological polar surface area (TPSA) is 29.5 Å². The van der Waals surface area contributed by atoms with Crippen LogP contribution in [0.1, 0.15) is 50.5 Å². The van der Waals surface area contributed by atoms with Crippen molar-refractivity contribution in [1.82, 2.24) is 0 Å². The lowest BCUT2D eigenvalue weighted by molar-refractivity contribution is 0.195. The molecule has 2 nitrogen and oxygen atoms in total. The summed E-state index contributed by atoms with van der Waals surface area (Å²) < 4.78 is 6.12. The van der Waals surface area contributed by atoms with E-state index in [2.05, 4.69) is 39.8 Å². The van der Waals surface area contributed by atoms with E-state index < -0.39 is 6.10 Å². The molecule has 0 aliphatic rings. The normalized spacial score (nSPS) is 13.0. The Morgan fingerprint density at radius 1 is 1.00 bits per heavy atom. The van der Waals surface area contributed by atoms with Gasteiger partial charge in [-0.05, 0) is 31.4 Å². The third kappa shape index (κ3) is 3.64. The average Bonchev–Trinajstić information content (AvgIpc) is 2.40. The first-order chi connectivity index (χ1) is 9.79. The maximum absolute atomic E-state index is 9.88. The van der Waals surface area contributed by atoms with Crippen molar-refractivity contribution in [1.29, 1.82) is 0 Å². The Kier molecular flexibility index (Phi) is 4.38. The van der Waals surface area contributed by atoms with Gasteiger partial charge < -0.3 is 9.84 Å². The van der Waals surface area contributed by atoms with E-state index in [1.54, 1.807) is 6.92 Å². The van der Waals surface area contributed by atoms with Crippen LogP contribution in [0.25, 0.3) is 0 Å². The van der Waals surface area contributed by atoms with Crippen molar-refractivity contribution in [3.05, 3.63) is 59.2 Å². The number of para-hydroxylation sites is 1. The highest BCUT2D eigenvalue weighted by Gasteiger charge is 2.20. The standard InChI is InChI=1S/C19H24O2/c1-13-10-11-18(16(12-13)19(3,4)5)21-17-9-7-6-8-15(17)14(2)20/h6-12,14,20H,1-5H3/t14-/m0/s1. The molecular weight excluding hydrogens is 260 g/mol. The van der Waals surface area contributed by atoms with Gasteiger partial charge in [-0.1, -0.05) is 56.7 Å². The first-order valence-electron chi connectivity index (χ1n) is 7.35. The number of ether oxygens (including phenoxy) is 1. The fourth-order valence-corrected chi connectivity index (χ4v) is 2.36. The fourth-order valence-electron chi connectivity index (χ4n) is 2.36. The number of aliphatic hydroxyl groups is 1. The lowest BCUT2D eigenvalue weighted by Crippen LogP contribution is -2.13. The molecule has 2 aromatic carbocycles. The van der Waals surface area contributed by atoms with Gasteiger partial charge >= 0.3 is 0 Å². The summed E-state index contributed by atoms with van der Waals surface area (Å²) in [4.78, 5) is 0. The monoisotopic (exact) mass is 284 g/mol. The van der Waals surface area contributed by atoms with Crippen LogP contribution in [0.2, 0.25) is 0 Å². The summed E-state index contributed by atoms with van der Waals surface area (Å²) in [5, 5.41) is 9.88. The molecule has 2 aromatic rings. The smallest absolute Gasteiger partial charge is 0.133 e.